The largest absolute Gasteiger partial charge is 0.494 e. The van der Waals surface area contributed by atoms with E-state index in [0.717, 1.165) is 29.2 Å². The summed E-state index contributed by atoms with van der Waals surface area (Å²) in [5.74, 6) is -0.312. The first-order valence-electron chi connectivity index (χ1n) is 11.1. The number of hydrogen-bond acceptors (Lipinski definition) is 3. The quantitative estimate of drug-likeness (QED) is 0.598. The average Bonchev–Trinajstić information content (AvgIpc) is 2.64. The Morgan fingerprint density at radius 3 is 1.88 bits per heavy atom. The summed E-state index contributed by atoms with van der Waals surface area (Å²) in [6.45, 7) is 13.8. The van der Waals surface area contributed by atoms with Crippen LogP contribution in [0.25, 0.3) is 0 Å². The molecule has 3 rings (SSSR count). The van der Waals surface area contributed by atoms with Crippen molar-refractivity contribution >= 4 is 0 Å². The maximum Gasteiger partial charge on any atom is 0.334 e. The Balaban J connectivity index is 2.03. The first kappa shape index (κ1) is 23.6. The van der Waals surface area contributed by atoms with Gasteiger partial charge < -0.3 is 5.11 Å². The van der Waals surface area contributed by atoms with Crippen LogP contribution in [0, 0.1) is 27.7 Å². The molecular formula is C27H34N2O3. The van der Waals surface area contributed by atoms with Gasteiger partial charge in [0.05, 0.1) is 12.1 Å². The van der Waals surface area contributed by atoms with Crippen LogP contribution in [0.15, 0.2) is 52.1 Å². The van der Waals surface area contributed by atoms with Gasteiger partial charge in [0.25, 0.3) is 5.56 Å². The molecule has 1 aromatic heterocycles. The molecule has 0 saturated heterocycles. The first-order valence-corrected chi connectivity index (χ1v) is 11.1. The molecule has 5 heteroatoms. The summed E-state index contributed by atoms with van der Waals surface area (Å²) >= 11 is 0. The first-order chi connectivity index (χ1) is 14.9. The van der Waals surface area contributed by atoms with E-state index in [1.165, 1.54) is 25.8 Å². The second-order valence-corrected chi connectivity index (χ2v) is 9.73. The topological polar surface area (TPSA) is 64.2 Å². The average molecular weight is 435 g/mol. The maximum absolute atomic E-state index is 13.5. The van der Waals surface area contributed by atoms with E-state index in [1.807, 2.05) is 46.8 Å². The molecule has 1 heterocycles. The highest BCUT2D eigenvalue weighted by Gasteiger charge is 2.27. The normalized spacial score (nSPS) is 12.7. The predicted octanol–water partition coefficient (Wildman–Crippen LogP) is 4.93. The molecule has 1 N–H and O–H groups in total. The van der Waals surface area contributed by atoms with E-state index in [0.29, 0.717) is 6.42 Å². The van der Waals surface area contributed by atoms with Crippen LogP contribution in [0.4, 0.5) is 0 Å². The summed E-state index contributed by atoms with van der Waals surface area (Å²) in [7, 11) is 0. The molecule has 0 spiro atoms. The summed E-state index contributed by atoms with van der Waals surface area (Å²) in [4.78, 5) is 26.4. The van der Waals surface area contributed by atoms with Gasteiger partial charge in [-0.3, -0.25) is 13.9 Å². The van der Waals surface area contributed by atoms with Gasteiger partial charge in [0.1, 0.15) is 0 Å². The van der Waals surface area contributed by atoms with E-state index < -0.39 is 22.8 Å². The van der Waals surface area contributed by atoms with Crippen molar-refractivity contribution in [2.24, 2.45) is 0 Å². The summed E-state index contributed by atoms with van der Waals surface area (Å²) in [5.41, 5.74) is 4.97. The van der Waals surface area contributed by atoms with Crippen LogP contribution in [-0.2, 0) is 12.0 Å². The van der Waals surface area contributed by atoms with Gasteiger partial charge >= 0.3 is 5.69 Å². The van der Waals surface area contributed by atoms with Crippen LogP contribution >= 0.6 is 0 Å². The van der Waals surface area contributed by atoms with Crippen molar-refractivity contribution in [1.29, 1.82) is 0 Å². The number of nitrogens with zero attached hydrogens (tertiary/aromatic N) is 2. The zero-order valence-corrected chi connectivity index (χ0v) is 20.2. The zero-order chi connectivity index (χ0) is 23.8. The van der Waals surface area contributed by atoms with Crippen LogP contribution in [0.1, 0.15) is 66.6 Å². The summed E-state index contributed by atoms with van der Waals surface area (Å²) in [6, 6.07) is 13.2. The molecule has 0 amide bonds. The Hall–Kier alpha value is -3.08. The summed E-state index contributed by atoms with van der Waals surface area (Å²) in [5, 5.41) is 10.6. The molecule has 32 heavy (non-hydrogen) atoms. The summed E-state index contributed by atoms with van der Waals surface area (Å²) in [6.07, 6.45) is 1.36. The smallest absolute Gasteiger partial charge is 0.334 e. The van der Waals surface area contributed by atoms with Gasteiger partial charge in [-0.2, -0.15) is 0 Å². The Bertz CT molecular complexity index is 1220. The van der Waals surface area contributed by atoms with E-state index in [9.17, 15) is 14.7 Å². The number of aryl methyl sites for hydroxylation is 5. The van der Waals surface area contributed by atoms with Gasteiger partial charge in [-0.05, 0) is 72.4 Å². The van der Waals surface area contributed by atoms with Crippen LogP contribution < -0.4 is 11.2 Å². The molecule has 0 aliphatic heterocycles. The third-order valence-electron chi connectivity index (χ3n) is 6.14. The van der Waals surface area contributed by atoms with E-state index in [-0.39, 0.29) is 5.88 Å². The number of hydrogen-bond donors (Lipinski definition) is 1. The fourth-order valence-corrected chi connectivity index (χ4v) is 4.64. The molecule has 5 nitrogen and oxygen atoms in total. The highest BCUT2D eigenvalue weighted by Crippen LogP contribution is 2.25. The Labute approximate surface area is 190 Å². The lowest BCUT2D eigenvalue weighted by atomic mass is 9.93. The predicted molar refractivity (Wildman–Crippen MR) is 130 cm³/mol. The van der Waals surface area contributed by atoms with Gasteiger partial charge in [-0.1, -0.05) is 58.7 Å². The van der Waals surface area contributed by atoms with Gasteiger partial charge in [0, 0.05) is 5.54 Å². The van der Waals surface area contributed by atoms with Crippen LogP contribution in [-0.4, -0.2) is 14.2 Å². The van der Waals surface area contributed by atoms with E-state index in [4.69, 9.17) is 0 Å². The van der Waals surface area contributed by atoms with Crippen molar-refractivity contribution in [3.63, 3.8) is 0 Å². The fraction of sp³-hybridized carbons (Fsp3) is 0.407. The minimum absolute atomic E-state index is 0.312. The lowest BCUT2D eigenvalue weighted by molar-refractivity contribution is 0.282. The third-order valence-corrected chi connectivity index (χ3v) is 6.14. The molecule has 3 aromatic rings. The zero-order valence-electron chi connectivity index (χ0n) is 20.2. The van der Waals surface area contributed by atoms with E-state index in [2.05, 4.69) is 38.1 Å². The molecule has 2 aromatic carbocycles. The van der Waals surface area contributed by atoms with Gasteiger partial charge in [0.2, 0.25) is 5.88 Å². The van der Waals surface area contributed by atoms with Crippen molar-refractivity contribution < 1.29 is 5.11 Å². The Morgan fingerprint density at radius 2 is 1.34 bits per heavy atom. The highest BCUT2D eigenvalue weighted by atomic mass is 16.3. The molecule has 0 bridgehead atoms. The number of benzene rings is 2. The SMILES string of the molecule is Cc1cc(C)cc(CCC(C)(C)n2c(=O)cc(O)n(C(C)c3cc(C)cc(C)c3)c2=O)c1. The molecular weight excluding hydrogens is 400 g/mol. The molecule has 1 unspecified atom stereocenters. The van der Waals surface area contributed by atoms with Crippen molar-refractivity contribution in [2.75, 3.05) is 0 Å². The summed E-state index contributed by atoms with van der Waals surface area (Å²) < 4.78 is 2.60. The van der Waals surface area contributed by atoms with Crippen LogP contribution in [0.3, 0.4) is 0 Å². The van der Waals surface area contributed by atoms with Gasteiger partial charge in [-0.15, -0.1) is 0 Å². The van der Waals surface area contributed by atoms with E-state index in [1.54, 1.807) is 0 Å². The molecule has 170 valence electrons. The highest BCUT2D eigenvalue weighted by molar-refractivity contribution is 5.32. The molecule has 0 fully saturated rings. The molecule has 0 radical (unpaired) electrons. The number of aromatic nitrogens is 2. The standard InChI is InChI=1S/C27H34N2O3/c1-17-10-18(2)13-22(12-17)8-9-27(6,7)29-25(31)16-24(30)28(26(29)32)21(5)23-14-19(3)11-20(4)15-23/h10-16,21,30H,8-9H2,1-7H3. The van der Waals surface area contributed by atoms with Gasteiger partial charge in [0.15, 0.2) is 0 Å². The molecule has 1 atom stereocenters. The minimum atomic E-state index is -0.719. The number of rotatable bonds is 6. The van der Waals surface area contributed by atoms with Crippen molar-refractivity contribution in [2.45, 2.75) is 72.9 Å². The Kier molecular flexibility index (Phi) is 6.49. The third kappa shape index (κ3) is 4.87. The van der Waals surface area contributed by atoms with Crippen LogP contribution in [0.5, 0.6) is 5.88 Å². The van der Waals surface area contributed by atoms with Crippen molar-refractivity contribution in [1.82, 2.24) is 9.13 Å². The lowest BCUT2D eigenvalue weighted by Crippen LogP contribution is -2.49. The minimum Gasteiger partial charge on any atom is -0.494 e. The monoisotopic (exact) mass is 434 g/mol. The number of aromatic hydroxyl groups is 1. The van der Waals surface area contributed by atoms with E-state index >= 15 is 0 Å². The Morgan fingerprint density at radius 1 is 0.844 bits per heavy atom. The second kappa shape index (κ2) is 8.81. The molecule has 0 saturated carbocycles. The fourth-order valence-electron chi connectivity index (χ4n) is 4.64. The molecule has 0 aliphatic rings. The van der Waals surface area contributed by atoms with Crippen LogP contribution in [0.2, 0.25) is 0 Å². The lowest BCUT2D eigenvalue weighted by Gasteiger charge is -2.29. The van der Waals surface area contributed by atoms with Crippen molar-refractivity contribution in [3.8, 4) is 5.88 Å². The van der Waals surface area contributed by atoms with Crippen molar-refractivity contribution in [3.05, 3.63) is 96.7 Å². The second-order valence-electron chi connectivity index (χ2n) is 9.73. The molecule has 0 aliphatic carbocycles. The maximum atomic E-state index is 13.5. The van der Waals surface area contributed by atoms with Gasteiger partial charge in [-0.25, -0.2) is 4.79 Å².